The molecule has 5 heteroatoms. The fraction of sp³-hybridized carbons (Fsp3) is 0.286. The molecule has 0 saturated heterocycles. The Balaban J connectivity index is 1.93. The molecule has 0 radical (unpaired) electrons. The van der Waals surface area contributed by atoms with Gasteiger partial charge in [-0.3, -0.25) is 4.79 Å². The zero-order valence-electron chi connectivity index (χ0n) is 10.2. The first kappa shape index (κ1) is 12.2. The summed E-state index contributed by atoms with van der Waals surface area (Å²) in [5.74, 6) is -0.214. The van der Waals surface area contributed by atoms with Gasteiger partial charge in [0.1, 0.15) is 5.82 Å². The summed E-state index contributed by atoms with van der Waals surface area (Å²) in [6.07, 6.45) is 3.13. The van der Waals surface area contributed by atoms with Gasteiger partial charge in [0.2, 0.25) is 0 Å². The Bertz CT molecular complexity index is 636. The summed E-state index contributed by atoms with van der Waals surface area (Å²) in [6.45, 7) is 0.708. The van der Waals surface area contributed by atoms with Gasteiger partial charge in [0.25, 0.3) is 0 Å². The van der Waals surface area contributed by atoms with Gasteiger partial charge in [0.05, 0.1) is 11.6 Å². The number of hydrogen-bond donors (Lipinski definition) is 1. The van der Waals surface area contributed by atoms with Crippen LogP contribution in [0.3, 0.4) is 0 Å². The molecule has 4 nitrogen and oxygen atoms in total. The number of carboxylic acids is 1. The molecule has 2 heterocycles. The molecular weight excluding hydrogens is 264 g/mol. The lowest BCUT2D eigenvalue weighted by atomic mass is 9.98. The van der Waals surface area contributed by atoms with Crippen LogP contribution >= 0.6 is 11.6 Å². The van der Waals surface area contributed by atoms with Gasteiger partial charge in [0.15, 0.2) is 0 Å². The van der Waals surface area contributed by atoms with Crippen molar-refractivity contribution in [1.29, 1.82) is 0 Å². The van der Waals surface area contributed by atoms with Gasteiger partial charge in [-0.05, 0) is 18.6 Å². The van der Waals surface area contributed by atoms with Crippen LogP contribution in [0.5, 0.6) is 0 Å². The van der Waals surface area contributed by atoms with Crippen molar-refractivity contribution in [3.05, 3.63) is 41.3 Å². The summed E-state index contributed by atoms with van der Waals surface area (Å²) >= 11 is 5.97. The van der Waals surface area contributed by atoms with E-state index < -0.39 is 5.97 Å². The average molecular weight is 277 g/mol. The number of nitrogens with zero attached hydrogens (tertiary/aromatic N) is 2. The van der Waals surface area contributed by atoms with Gasteiger partial charge in [-0.15, -0.1) is 0 Å². The van der Waals surface area contributed by atoms with Crippen LogP contribution in [0.1, 0.15) is 12.2 Å². The molecule has 0 saturated carbocycles. The van der Waals surface area contributed by atoms with Crippen molar-refractivity contribution in [2.24, 2.45) is 5.92 Å². The molecule has 1 aromatic carbocycles. The van der Waals surface area contributed by atoms with E-state index in [0.717, 1.165) is 17.1 Å². The van der Waals surface area contributed by atoms with Crippen LogP contribution in [0.25, 0.3) is 11.3 Å². The van der Waals surface area contributed by atoms with E-state index in [1.165, 1.54) is 0 Å². The molecule has 1 aliphatic heterocycles. The molecule has 98 valence electrons. The molecule has 0 fully saturated rings. The standard InChI is InChI=1S/C14H13ClN2O2/c15-11-3-1-2-9(6-11)12-8-17-5-4-10(14(18)19)7-13(17)16-12/h1-3,6,8,10H,4-5,7H2,(H,18,19). The Hall–Kier alpha value is -1.81. The first-order chi connectivity index (χ1) is 9.13. The number of aromatic nitrogens is 2. The molecule has 0 amide bonds. The Labute approximate surface area is 115 Å². The third kappa shape index (κ3) is 2.36. The lowest BCUT2D eigenvalue weighted by molar-refractivity contribution is -0.142. The quantitative estimate of drug-likeness (QED) is 0.918. The van der Waals surface area contributed by atoms with Crippen LogP contribution < -0.4 is 0 Å². The van der Waals surface area contributed by atoms with E-state index >= 15 is 0 Å². The van der Waals surface area contributed by atoms with E-state index in [2.05, 4.69) is 4.98 Å². The second-order valence-corrected chi connectivity index (χ2v) is 5.21. The minimum Gasteiger partial charge on any atom is -0.481 e. The van der Waals surface area contributed by atoms with E-state index in [4.69, 9.17) is 16.7 Å². The topological polar surface area (TPSA) is 55.1 Å². The summed E-state index contributed by atoms with van der Waals surface area (Å²) in [4.78, 5) is 15.6. The zero-order chi connectivity index (χ0) is 13.4. The van der Waals surface area contributed by atoms with Gasteiger partial charge >= 0.3 is 5.97 Å². The van der Waals surface area contributed by atoms with Crippen molar-refractivity contribution in [3.8, 4) is 11.3 Å². The number of rotatable bonds is 2. The second kappa shape index (κ2) is 4.70. The zero-order valence-corrected chi connectivity index (χ0v) is 11.0. The molecule has 0 aliphatic carbocycles. The summed E-state index contributed by atoms with van der Waals surface area (Å²) in [6, 6.07) is 7.52. The van der Waals surface area contributed by atoms with E-state index in [0.29, 0.717) is 24.4 Å². The van der Waals surface area contributed by atoms with Crippen molar-refractivity contribution < 1.29 is 9.90 Å². The van der Waals surface area contributed by atoms with Gasteiger partial charge in [-0.2, -0.15) is 0 Å². The normalized spacial score (nSPS) is 18.1. The third-order valence-electron chi connectivity index (χ3n) is 3.48. The number of fused-ring (bicyclic) bond motifs is 1. The van der Waals surface area contributed by atoms with Crippen molar-refractivity contribution in [1.82, 2.24) is 9.55 Å². The Morgan fingerprint density at radius 1 is 1.47 bits per heavy atom. The Morgan fingerprint density at radius 2 is 2.32 bits per heavy atom. The van der Waals surface area contributed by atoms with E-state index in [9.17, 15) is 4.79 Å². The smallest absolute Gasteiger partial charge is 0.307 e. The molecule has 2 aromatic rings. The van der Waals surface area contributed by atoms with E-state index in [1.54, 1.807) is 0 Å². The molecule has 1 unspecified atom stereocenters. The molecule has 1 aliphatic rings. The van der Waals surface area contributed by atoms with Gasteiger partial charge in [-0.1, -0.05) is 23.7 Å². The van der Waals surface area contributed by atoms with Crippen LogP contribution in [0, 0.1) is 5.92 Å². The molecule has 1 aromatic heterocycles. The molecule has 0 spiro atoms. The van der Waals surface area contributed by atoms with Crippen molar-refractivity contribution >= 4 is 17.6 Å². The SMILES string of the molecule is O=C(O)C1CCn2cc(-c3cccc(Cl)c3)nc2C1. The van der Waals surface area contributed by atoms with Gasteiger partial charge in [-0.25, -0.2) is 4.98 Å². The number of imidazole rings is 1. The van der Waals surface area contributed by atoms with E-state index in [1.807, 2.05) is 35.0 Å². The summed E-state index contributed by atoms with van der Waals surface area (Å²) < 4.78 is 2.04. The summed E-state index contributed by atoms with van der Waals surface area (Å²) in [5.41, 5.74) is 1.81. The number of benzene rings is 1. The van der Waals surface area contributed by atoms with Crippen molar-refractivity contribution in [3.63, 3.8) is 0 Å². The Morgan fingerprint density at radius 3 is 3.05 bits per heavy atom. The van der Waals surface area contributed by atoms with Crippen molar-refractivity contribution in [2.75, 3.05) is 0 Å². The molecule has 1 atom stereocenters. The number of hydrogen-bond acceptors (Lipinski definition) is 2. The largest absolute Gasteiger partial charge is 0.481 e. The highest BCUT2D eigenvalue weighted by atomic mass is 35.5. The molecule has 19 heavy (non-hydrogen) atoms. The van der Waals surface area contributed by atoms with Gasteiger partial charge in [0, 0.05) is 29.7 Å². The van der Waals surface area contributed by atoms with E-state index in [-0.39, 0.29) is 5.92 Å². The predicted molar refractivity (Wildman–Crippen MR) is 72.1 cm³/mol. The maximum atomic E-state index is 11.0. The first-order valence-electron chi connectivity index (χ1n) is 6.18. The summed E-state index contributed by atoms with van der Waals surface area (Å²) in [5, 5.41) is 9.74. The summed E-state index contributed by atoms with van der Waals surface area (Å²) in [7, 11) is 0. The van der Waals surface area contributed by atoms with Crippen LogP contribution in [0.4, 0.5) is 0 Å². The number of carboxylic acid groups (broad SMARTS) is 1. The Kier molecular flexibility index (Phi) is 3.03. The number of aliphatic carboxylic acids is 1. The minimum absolute atomic E-state index is 0.317. The average Bonchev–Trinajstić information content (AvgIpc) is 2.81. The maximum Gasteiger partial charge on any atom is 0.307 e. The monoisotopic (exact) mass is 276 g/mol. The highest BCUT2D eigenvalue weighted by molar-refractivity contribution is 6.30. The number of aryl methyl sites for hydroxylation is 1. The molecule has 1 N–H and O–H groups in total. The number of carbonyl (C=O) groups is 1. The van der Waals surface area contributed by atoms with Crippen molar-refractivity contribution in [2.45, 2.75) is 19.4 Å². The predicted octanol–water partition coefficient (Wildman–Crippen LogP) is 2.85. The fourth-order valence-corrected chi connectivity index (χ4v) is 2.62. The maximum absolute atomic E-state index is 11.0. The number of halogens is 1. The highest BCUT2D eigenvalue weighted by Gasteiger charge is 2.25. The lowest BCUT2D eigenvalue weighted by Gasteiger charge is -2.19. The molecule has 3 rings (SSSR count). The first-order valence-corrected chi connectivity index (χ1v) is 6.56. The van der Waals surface area contributed by atoms with Crippen LogP contribution in [-0.2, 0) is 17.8 Å². The van der Waals surface area contributed by atoms with Crippen LogP contribution in [-0.4, -0.2) is 20.6 Å². The van der Waals surface area contributed by atoms with Crippen LogP contribution in [0.2, 0.25) is 5.02 Å². The highest BCUT2D eigenvalue weighted by Crippen LogP contribution is 2.26. The molecular formula is C14H13ClN2O2. The minimum atomic E-state index is -0.737. The third-order valence-corrected chi connectivity index (χ3v) is 3.71. The second-order valence-electron chi connectivity index (χ2n) is 4.77. The molecule has 0 bridgehead atoms. The lowest BCUT2D eigenvalue weighted by Crippen LogP contribution is -2.25. The van der Waals surface area contributed by atoms with Crippen LogP contribution in [0.15, 0.2) is 30.5 Å². The van der Waals surface area contributed by atoms with Gasteiger partial charge < -0.3 is 9.67 Å². The fourth-order valence-electron chi connectivity index (χ4n) is 2.43.